The Balaban J connectivity index is 1.99. The van der Waals surface area contributed by atoms with Crippen LogP contribution in [0, 0.1) is 0 Å². The molecule has 0 unspecified atom stereocenters. The van der Waals surface area contributed by atoms with Gasteiger partial charge in [-0.3, -0.25) is 14.4 Å². The highest BCUT2D eigenvalue weighted by Crippen LogP contribution is 2.16. The number of likely N-dealkylation sites (N-methyl/N-ethyl adjacent to an activating group) is 1. The Hall–Kier alpha value is -2.25. The number of nitrogens with one attached hydrogen (secondary N) is 2. The van der Waals surface area contributed by atoms with E-state index in [-0.39, 0.29) is 5.91 Å². The summed E-state index contributed by atoms with van der Waals surface area (Å²) in [5.41, 5.74) is 0.985. The van der Waals surface area contributed by atoms with E-state index in [1.54, 1.807) is 7.05 Å². The first-order chi connectivity index (χ1) is 12.1. The molecule has 0 saturated carbocycles. The average Bonchev–Trinajstić information content (AvgIpc) is 3.13. The molecule has 25 heavy (non-hydrogen) atoms. The molecule has 0 bridgehead atoms. The lowest BCUT2D eigenvalue weighted by atomic mass is 10.0. The molecule has 1 aliphatic heterocycles. The molecule has 0 aliphatic carbocycles. The molecule has 0 aromatic heterocycles. The Morgan fingerprint density at radius 3 is 2.64 bits per heavy atom. The molecule has 2 amide bonds. The summed E-state index contributed by atoms with van der Waals surface area (Å²) < 4.78 is 0. The molecule has 1 aromatic rings. The van der Waals surface area contributed by atoms with Gasteiger partial charge >= 0.3 is 0 Å². The number of aliphatic hydroxyl groups is 1. The van der Waals surface area contributed by atoms with E-state index in [2.05, 4.69) is 10.6 Å². The number of carbonyl (C=O) groups excluding carboxylic acids is 3. The van der Waals surface area contributed by atoms with Crippen LogP contribution >= 0.6 is 0 Å². The van der Waals surface area contributed by atoms with Crippen LogP contribution in [0.2, 0.25) is 0 Å². The van der Waals surface area contributed by atoms with E-state index in [0.29, 0.717) is 25.8 Å². The van der Waals surface area contributed by atoms with Crippen LogP contribution in [0.25, 0.3) is 0 Å². The third-order valence-electron chi connectivity index (χ3n) is 4.42. The molecule has 3 N–H and O–H groups in total. The smallest absolute Gasteiger partial charge is 0.248 e. The van der Waals surface area contributed by atoms with Crippen molar-refractivity contribution in [2.45, 2.75) is 37.4 Å². The van der Waals surface area contributed by atoms with E-state index in [0.717, 1.165) is 5.56 Å². The fourth-order valence-corrected chi connectivity index (χ4v) is 2.99. The van der Waals surface area contributed by atoms with Gasteiger partial charge < -0.3 is 20.6 Å². The Kier molecular flexibility index (Phi) is 7.09. The maximum Gasteiger partial charge on any atom is 0.248 e. The highest BCUT2D eigenvalue weighted by molar-refractivity contribution is 5.91. The first-order valence-corrected chi connectivity index (χ1v) is 8.41. The number of amides is 2. The number of benzene rings is 1. The van der Waals surface area contributed by atoms with Crippen molar-refractivity contribution in [2.24, 2.45) is 0 Å². The fourth-order valence-electron chi connectivity index (χ4n) is 2.99. The van der Waals surface area contributed by atoms with E-state index in [4.69, 9.17) is 0 Å². The summed E-state index contributed by atoms with van der Waals surface area (Å²) in [7, 11) is 1.67. The predicted molar refractivity (Wildman–Crippen MR) is 92.4 cm³/mol. The number of likely N-dealkylation sites (tertiary alicyclic amines) is 1. The second-order valence-corrected chi connectivity index (χ2v) is 6.08. The molecule has 7 heteroatoms. The number of nitrogens with zero attached hydrogens (tertiary/aromatic N) is 1. The molecular weight excluding hydrogens is 322 g/mol. The van der Waals surface area contributed by atoms with Crippen molar-refractivity contribution in [1.29, 1.82) is 0 Å². The van der Waals surface area contributed by atoms with Crippen LogP contribution in [0.4, 0.5) is 0 Å². The second kappa shape index (κ2) is 9.29. The van der Waals surface area contributed by atoms with E-state index >= 15 is 0 Å². The average molecular weight is 346 g/mol. The number of carbonyl (C=O) groups is 2. The zero-order chi connectivity index (χ0) is 18.2. The standard InChI is InChI=1S/C18H24N3O4/c1-19-15(10-13-6-3-2-4-7-13)17(24)20-16(12-23)18(25)21-9-5-8-14(21)11-22/h2-4,6-7,14-16,19,23H,5,8-10,12H2,1H3,(H,20,24)/t14-,15-,16-/m0/s1. The first-order valence-electron chi connectivity index (χ1n) is 8.41. The summed E-state index contributed by atoms with van der Waals surface area (Å²) >= 11 is 0. The van der Waals surface area contributed by atoms with Gasteiger partial charge in [-0.15, -0.1) is 0 Å². The third kappa shape index (κ3) is 4.87. The van der Waals surface area contributed by atoms with Gasteiger partial charge in [0, 0.05) is 6.54 Å². The molecule has 3 atom stereocenters. The molecule has 1 radical (unpaired) electrons. The van der Waals surface area contributed by atoms with Gasteiger partial charge in [-0.05, 0) is 31.9 Å². The zero-order valence-electron chi connectivity index (χ0n) is 14.3. The van der Waals surface area contributed by atoms with Crippen molar-refractivity contribution in [3.63, 3.8) is 0 Å². The van der Waals surface area contributed by atoms with Gasteiger partial charge in [0.25, 0.3) is 0 Å². The SMILES string of the molecule is CN[C@@H](Cc1ccccc1)C(=O)N[C@@H](CO)C(=O)N1CCC[C@H]1[C]=O. The molecule has 1 aliphatic rings. The summed E-state index contributed by atoms with van der Waals surface area (Å²) in [6, 6.07) is 7.33. The fraction of sp³-hybridized carbons (Fsp3) is 0.500. The van der Waals surface area contributed by atoms with Gasteiger partial charge in [-0.25, -0.2) is 0 Å². The lowest BCUT2D eigenvalue weighted by Gasteiger charge is -2.26. The van der Waals surface area contributed by atoms with Gasteiger partial charge in [0.1, 0.15) is 6.04 Å². The van der Waals surface area contributed by atoms with Crippen molar-refractivity contribution in [1.82, 2.24) is 15.5 Å². The lowest BCUT2D eigenvalue weighted by molar-refractivity contribution is -0.137. The van der Waals surface area contributed by atoms with E-state index < -0.39 is 30.6 Å². The van der Waals surface area contributed by atoms with Crippen molar-refractivity contribution in [3.05, 3.63) is 35.9 Å². The van der Waals surface area contributed by atoms with Crippen LogP contribution in [0.1, 0.15) is 18.4 Å². The van der Waals surface area contributed by atoms with Crippen LogP contribution in [0.3, 0.4) is 0 Å². The molecular formula is C18H24N3O4. The molecule has 0 spiro atoms. The summed E-state index contributed by atoms with van der Waals surface area (Å²) in [6.07, 6.45) is 3.58. The highest BCUT2D eigenvalue weighted by Gasteiger charge is 2.34. The van der Waals surface area contributed by atoms with E-state index in [1.807, 2.05) is 36.6 Å². The van der Waals surface area contributed by atoms with Crippen LogP contribution in [0.5, 0.6) is 0 Å². The minimum absolute atomic E-state index is 0.371. The summed E-state index contributed by atoms with van der Waals surface area (Å²) in [5.74, 6) is -0.819. The van der Waals surface area contributed by atoms with Crippen molar-refractivity contribution in [2.75, 3.05) is 20.2 Å². The third-order valence-corrected chi connectivity index (χ3v) is 4.42. The van der Waals surface area contributed by atoms with Gasteiger partial charge in [-0.2, -0.15) is 0 Å². The number of rotatable bonds is 8. The largest absolute Gasteiger partial charge is 0.394 e. The molecule has 135 valence electrons. The van der Waals surface area contributed by atoms with Crippen LogP contribution < -0.4 is 10.6 Å². The quantitative estimate of drug-likeness (QED) is 0.584. The van der Waals surface area contributed by atoms with Crippen LogP contribution in [0.15, 0.2) is 30.3 Å². The summed E-state index contributed by atoms with van der Waals surface area (Å²) in [4.78, 5) is 37.3. The molecule has 1 fully saturated rings. The Bertz CT molecular complexity index is 593. The Morgan fingerprint density at radius 1 is 1.32 bits per heavy atom. The Labute approximate surface area is 147 Å². The van der Waals surface area contributed by atoms with Gasteiger partial charge in [0.2, 0.25) is 18.1 Å². The molecule has 1 saturated heterocycles. The molecule has 1 heterocycles. The molecule has 2 rings (SSSR count). The summed E-state index contributed by atoms with van der Waals surface area (Å²) in [6.45, 7) is -0.0843. The van der Waals surface area contributed by atoms with E-state index in [9.17, 15) is 19.5 Å². The maximum absolute atomic E-state index is 12.5. The minimum Gasteiger partial charge on any atom is -0.394 e. The normalized spacial score (nSPS) is 19.3. The van der Waals surface area contributed by atoms with Crippen molar-refractivity contribution >= 4 is 18.1 Å². The van der Waals surface area contributed by atoms with Crippen molar-refractivity contribution in [3.8, 4) is 0 Å². The number of hydrogen-bond donors (Lipinski definition) is 3. The number of aliphatic hydroxyl groups excluding tert-OH is 1. The van der Waals surface area contributed by atoms with Gasteiger partial charge in [0.05, 0.1) is 18.7 Å². The second-order valence-electron chi connectivity index (χ2n) is 6.08. The zero-order valence-corrected chi connectivity index (χ0v) is 14.3. The lowest BCUT2D eigenvalue weighted by Crippen LogP contribution is -2.56. The van der Waals surface area contributed by atoms with Crippen LogP contribution in [-0.4, -0.2) is 66.4 Å². The van der Waals surface area contributed by atoms with E-state index in [1.165, 1.54) is 4.90 Å². The topological polar surface area (TPSA) is 98.7 Å². The first kappa shape index (κ1) is 19.1. The molecule has 1 aromatic carbocycles. The predicted octanol–water partition coefficient (Wildman–Crippen LogP) is -0.605. The highest BCUT2D eigenvalue weighted by atomic mass is 16.3. The monoisotopic (exact) mass is 346 g/mol. The maximum atomic E-state index is 12.5. The van der Waals surface area contributed by atoms with Gasteiger partial charge in [0.15, 0.2) is 0 Å². The molecule has 7 nitrogen and oxygen atoms in total. The minimum atomic E-state index is -1.06. The van der Waals surface area contributed by atoms with Gasteiger partial charge in [-0.1, -0.05) is 30.3 Å². The Morgan fingerprint density at radius 2 is 2.04 bits per heavy atom. The van der Waals surface area contributed by atoms with Crippen molar-refractivity contribution < 1.29 is 19.5 Å². The van der Waals surface area contributed by atoms with Crippen LogP contribution in [-0.2, 0) is 20.8 Å². The summed E-state index contributed by atoms with van der Waals surface area (Å²) in [5, 5.41) is 15.0. The number of hydrogen-bond acceptors (Lipinski definition) is 5.